The molecular weight excluding hydrogens is 362 g/mol. The lowest BCUT2D eigenvalue weighted by Gasteiger charge is -2.18. The van der Waals surface area contributed by atoms with Crippen LogP contribution in [0.3, 0.4) is 0 Å². The van der Waals surface area contributed by atoms with Gasteiger partial charge in [0, 0.05) is 24.2 Å². The Morgan fingerprint density at radius 1 is 1.07 bits per heavy atom. The first-order chi connectivity index (χ1) is 13.2. The first-order valence-corrected chi connectivity index (χ1v) is 10.0. The number of methoxy groups -OCH3 is 1. The van der Waals surface area contributed by atoms with Crippen molar-refractivity contribution in [2.45, 2.75) is 23.1 Å². The second-order valence-corrected chi connectivity index (χ2v) is 7.93. The Labute approximate surface area is 161 Å². The summed E-state index contributed by atoms with van der Waals surface area (Å²) in [6.45, 7) is 0. The van der Waals surface area contributed by atoms with E-state index < -0.39 is 17.2 Å². The SMILES string of the molecule is COC(=O)[C@H](Cc1ccccc1)n1cc(C[SH](OC)c2ccccc2)nn1. The number of thiol groups is 1. The van der Waals surface area contributed by atoms with E-state index in [1.165, 1.54) is 7.11 Å². The standard InChI is InChI=1S/C20H23N3O3S/c1-25-20(24)19(13-16-9-5-3-6-10-16)23-14-17(21-22-23)15-27(26-2)18-11-7-4-8-12-18/h3-12,14,19,27H,13,15H2,1-2H3/t19-/m0/s1. The van der Waals surface area contributed by atoms with Crippen molar-refractivity contribution >= 4 is 17.1 Å². The van der Waals surface area contributed by atoms with Gasteiger partial charge in [-0.2, -0.15) is 0 Å². The van der Waals surface area contributed by atoms with Crippen LogP contribution in [0.5, 0.6) is 0 Å². The fraction of sp³-hybridized carbons (Fsp3) is 0.250. The van der Waals surface area contributed by atoms with Crippen LogP contribution in [-0.2, 0) is 25.9 Å². The van der Waals surface area contributed by atoms with Gasteiger partial charge in [-0.1, -0.05) is 53.7 Å². The highest BCUT2D eigenvalue weighted by Crippen LogP contribution is 2.39. The number of esters is 1. The van der Waals surface area contributed by atoms with Crippen LogP contribution in [0.15, 0.2) is 71.8 Å². The van der Waals surface area contributed by atoms with Crippen molar-refractivity contribution < 1.29 is 13.7 Å². The Morgan fingerprint density at radius 3 is 2.37 bits per heavy atom. The molecule has 0 fully saturated rings. The fourth-order valence-electron chi connectivity index (χ4n) is 2.80. The third-order valence-corrected chi connectivity index (χ3v) is 6.12. The predicted molar refractivity (Wildman–Crippen MR) is 106 cm³/mol. The quantitative estimate of drug-likeness (QED) is 0.476. The van der Waals surface area contributed by atoms with Crippen molar-refractivity contribution in [3.63, 3.8) is 0 Å². The summed E-state index contributed by atoms with van der Waals surface area (Å²) in [5.41, 5.74) is 1.82. The molecule has 0 aliphatic carbocycles. The van der Waals surface area contributed by atoms with Gasteiger partial charge in [0.1, 0.15) is 0 Å². The van der Waals surface area contributed by atoms with Gasteiger partial charge in [0.2, 0.25) is 0 Å². The van der Waals surface area contributed by atoms with Crippen molar-refractivity contribution in [1.29, 1.82) is 0 Å². The summed E-state index contributed by atoms with van der Waals surface area (Å²) in [5.74, 6) is 0.294. The molecule has 3 aromatic rings. The zero-order valence-electron chi connectivity index (χ0n) is 15.4. The van der Waals surface area contributed by atoms with Gasteiger partial charge in [0.05, 0.1) is 19.0 Å². The van der Waals surface area contributed by atoms with Gasteiger partial charge in [-0.15, -0.1) is 16.3 Å². The van der Waals surface area contributed by atoms with Crippen LogP contribution in [0.1, 0.15) is 17.3 Å². The molecule has 6 nitrogen and oxygen atoms in total. The molecule has 1 unspecified atom stereocenters. The number of carbonyl (C=O) groups is 1. The smallest absolute Gasteiger partial charge is 0.331 e. The van der Waals surface area contributed by atoms with E-state index in [2.05, 4.69) is 10.3 Å². The van der Waals surface area contributed by atoms with E-state index in [1.54, 1.807) is 11.8 Å². The number of rotatable bonds is 8. The Morgan fingerprint density at radius 2 is 1.74 bits per heavy atom. The van der Waals surface area contributed by atoms with Gasteiger partial charge in [-0.25, -0.2) is 9.48 Å². The minimum absolute atomic E-state index is 0.340. The van der Waals surface area contributed by atoms with Crippen molar-refractivity contribution in [2.75, 3.05) is 14.2 Å². The molecule has 0 bridgehead atoms. The zero-order chi connectivity index (χ0) is 19.1. The van der Waals surface area contributed by atoms with Crippen LogP contribution in [0.4, 0.5) is 0 Å². The maximum Gasteiger partial charge on any atom is 0.331 e. The van der Waals surface area contributed by atoms with Crippen molar-refractivity contribution in [3.8, 4) is 0 Å². The van der Waals surface area contributed by atoms with E-state index in [4.69, 9.17) is 8.92 Å². The third kappa shape index (κ3) is 4.96. The molecule has 0 N–H and O–H groups in total. The lowest BCUT2D eigenvalue weighted by molar-refractivity contribution is -0.144. The Kier molecular flexibility index (Phi) is 6.62. The summed E-state index contributed by atoms with van der Waals surface area (Å²) in [7, 11) is 3.09. The third-order valence-electron chi connectivity index (χ3n) is 4.19. The van der Waals surface area contributed by atoms with Crippen LogP contribution in [0.25, 0.3) is 0 Å². The molecule has 2 atom stereocenters. The summed E-state index contributed by atoms with van der Waals surface area (Å²) >= 11 is -0.835. The number of hydrogen-bond donors (Lipinski definition) is 1. The predicted octanol–water partition coefficient (Wildman–Crippen LogP) is 3.36. The summed E-state index contributed by atoms with van der Waals surface area (Å²) in [6.07, 6.45) is 2.30. The van der Waals surface area contributed by atoms with Crippen LogP contribution in [-0.4, -0.2) is 35.2 Å². The average molecular weight is 385 g/mol. The molecule has 0 amide bonds. The van der Waals surface area contributed by atoms with E-state index in [1.807, 2.05) is 66.9 Å². The molecule has 7 heteroatoms. The van der Waals surface area contributed by atoms with Crippen molar-refractivity contribution in [2.24, 2.45) is 0 Å². The molecule has 27 heavy (non-hydrogen) atoms. The van der Waals surface area contributed by atoms with Crippen molar-refractivity contribution in [3.05, 3.63) is 78.1 Å². The van der Waals surface area contributed by atoms with E-state index in [0.29, 0.717) is 12.2 Å². The number of nitrogens with zero attached hydrogens (tertiary/aromatic N) is 3. The van der Waals surface area contributed by atoms with Crippen LogP contribution < -0.4 is 0 Å². The van der Waals surface area contributed by atoms with E-state index in [0.717, 1.165) is 16.2 Å². The Hall–Kier alpha value is -2.64. The molecule has 0 spiro atoms. The Balaban J connectivity index is 1.78. The summed E-state index contributed by atoms with van der Waals surface area (Å²) in [5, 5.41) is 8.43. The molecule has 0 aliphatic heterocycles. The molecule has 0 saturated carbocycles. The second-order valence-electron chi connectivity index (χ2n) is 5.97. The number of hydrogen-bond acceptors (Lipinski definition) is 5. The minimum atomic E-state index is -0.835. The Bertz CT molecular complexity index is 855. The highest BCUT2D eigenvalue weighted by atomic mass is 32.2. The van der Waals surface area contributed by atoms with Crippen LogP contribution in [0.2, 0.25) is 0 Å². The summed E-state index contributed by atoms with van der Waals surface area (Å²) < 4.78 is 12.2. The average Bonchev–Trinajstić information content (AvgIpc) is 3.19. The number of carbonyl (C=O) groups excluding carboxylic acids is 1. The molecule has 0 radical (unpaired) electrons. The van der Waals surface area contributed by atoms with Crippen LogP contribution >= 0.6 is 11.2 Å². The summed E-state index contributed by atoms with van der Waals surface area (Å²) in [6, 6.07) is 19.3. The highest BCUT2D eigenvalue weighted by Gasteiger charge is 2.24. The lowest BCUT2D eigenvalue weighted by atomic mass is 10.1. The number of benzene rings is 2. The van der Waals surface area contributed by atoms with E-state index >= 15 is 0 Å². The minimum Gasteiger partial charge on any atom is -0.467 e. The molecule has 2 aromatic carbocycles. The fourth-order valence-corrected chi connectivity index (χ4v) is 4.27. The molecule has 1 heterocycles. The monoisotopic (exact) mass is 385 g/mol. The van der Waals surface area contributed by atoms with Gasteiger partial charge in [-0.3, -0.25) is 0 Å². The maximum atomic E-state index is 12.3. The van der Waals surface area contributed by atoms with E-state index in [9.17, 15) is 4.79 Å². The molecule has 1 aromatic heterocycles. The second kappa shape index (κ2) is 9.34. The van der Waals surface area contributed by atoms with Gasteiger partial charge in [0.25, 0.3) is 0 Å². The van der Waals surface area contributed by atoms with Gasteiger partial charge >= 0.3 is 5.97 Å². The molecule has 0 saturated heterocycles. The van der Waals surface area contributed by atoms with Crippen LogP contribution in [0, 0.1) is 0 Å². The zero-order valence-corrected chi connectivity index (χ0v) is 16.3. The number of ether oxygens (including phenoxy) is 1. The first kappa shape index (κ1) is 19.1. The normalized spacial score (nSPS) is 13.8. The van der Waals surface area contributed by atoms with Crippen molar-refractivity contribution in [1.82, 2.24) is 15.0 Å². The van der Waals surface area contributed by atoms with Gasteiger partial charge in [0.15, 0.2) is 6.04 Å². The molecule has 3 rings (SSSR count). The topological polar surface area (TPSA) is 66.2 Å². The molecular formula is C20H23N3O3S. The molecule has 0 aliphatic rings. The summed E-state index contributed by atoms with van der Waals surface area (Å²) in [4.78, 5) is 13.4. The van der Waals surface area contributed by atoms with Gasteiger partial charge < -0.3 is 8.92 Å². The largest absolute Gasteiger partial charge is 0.467 e. The maximum absolute atomic E-state index is 12.3. The lowest BCUT2D eigenvalue weighted by Crippen LogP contribution is -2.23. The first-order valence-electron chi connectivity index (χ1n) is 8.60. The number of aromatic nitrogens is 3. The highest BCUT2D eigenvalue weighted by molar-refractivity contribution is 8.12. The molecule has 142 valence electrons. The van der Waals surface area contributed by atoms with Gasteiger partial charge in [-0.05, 0) is 17.7 Å². The van der Waals surface area contributed by atoms with E-state index in [-0.39, 0.29) is 5.97 Å².